The Morgan fingerprint density at radius 2 is 1.86 bits per heavy atom. The van der Waals surface area contributed by atoms with Gasteiger partial charge in [0, 0.05) is 89.0 Å². The number of piperazine rings is 1. The number of H-pyrrole nitrogens is 1. The molecule has 6 heteroatoms. The van der Waals surface area contributed by atoms with Crippen LogP contribution in [0.1, 0.15) is 59.4 Å². The summed E-state index contributed by atoms with van der Waals surface area (Å²) < 4.78 is 0. The Morgan fingerprint density at radius 3 is 2.57 bits per heavy atom. The molecule has 1 N–H and O–H groups in total. The largest absolute Gasteiger partial charge is 0.368 e. The highest BCUT2D eigenvalue weighted by atomic mass is 16.1. The predicted molar refractivity (Wildman–Crippen MR) is 145 cm³/mol. The van der Waals surface area contributed by atoms with E-state index in [4.69, 9.17) is 0 Å². The summed E-state index contributed by atoms with van der Waals surface area (Å²) in [5.41, 5.74) is 7.73. The van der Waals surface area contributed by atoms with Crippen molar-refractivity contribution < 1.29 is 4.79 Å². The fraction of sp³-hybridized carbons (Fsp3) is 0.323. The lowest BCUT2D eigenvalue weighted by molar-refractivity contribution is 0.103. The van der Waals surface area contributed by atoms with Crippen molar-refractivity contribution in [2.45, 2.75) is 38.1 Å². The van der Waals surface area contributed by atoms with Gasteiger partial charge in [-0.15, -0.1) is 0 Å². The van der Waals surface area contributed by atoms with E-state index in [1.807, 2.05) is 24.4 Å². The Bertz CT molecular complexity index is 1600. The molecule has 1 aliphatic heterocycles. The molecule has 0 atom stereocenters. The summed E-state index contributed by atoms with van der Waals surface area (Å²) in [6, 6.07) is 16.9. The zero-order valence-electron chi connectivity index (χ0n) is 21.2. The monoisotopic (exact) mass is 487 g/mol. The maximum absolute atomic E-state index is 14.1. The van der Waals surface area contributed by atoms with E-state index in [0.717, 1.165) is 76.6 Å². The van der Waals surface area contributed by atoms with E-state index in [0.29, 0.717) is 5.56 Å². The molecule has 0 amide bonds. The number of hydrogen-bond acceptors (Lipinski definition) is 5. The van der Waals surface area contributed by atoms with E-state index in [1.165, 1.54) is 18.5 Å². The van der Waals surface area contributed by atoms with Crippen LogP contribution in [0.2, 0.25) is 0 Å². The van der Waals surface area contributed by atoms with Crippen LogP contribution in [-0.2, 0) is 5.41 Å². The molecule has 184 valence electrons. The number of aromatic nitrogens is 2. The number of nitrogens with one attached hydrogen (secondary N) is 1. The van der Waals surface area contributed by atoms with Gasteiger partial charge in [0.1, 0.15) is 0 Å². The zero-order valence-corrected chi connectivity index (χ0v) is 21.2. The molecule has 1 saturated carbocycles. The van der Waals surface area contributed by atoms with E-state index >= 15 is 0 Å². The minimum atomic E-state index is -0.400. The molecule has 0 bridgehead atoms. The summed E-state index contributed by atoms with van der Waals surface area (Å²) >= 11 is 0. The topological polar surface area (TPSA) is 76.0 Å². The summed E-state index contributed by atoms with van der Waals surface area (Å²) in [4.78, 5) is 27.1. The second-order valence-corrected chi connectivity index (χ2v) is 11.1. The number of rotatable bonds is 3. The van der Waals surface area contributed by atoms with Gasteiger partial charge >= 0.3 is 0 Å². The summed E-state index contributed by atoms with van der Waals surface area (Å²) in [7, 11) is 0. The molecular weight excluding hydrogens is 458 g/mol. The number of carbonyl (C=O) groups is 1. The lowest BCUT2D eigenvalue weighted by Gasteiger charge is -2.39. The first kappa shape index (κ1) is 22.3. The van der Waals surface area contributed by atoms with Gasteiger partial charge in [0.25, 0.3) is 0 Å². The van der Waals surface area contributed by atoms with Crippen molar-refractivity contribution >= 4 is 22.4 Å². The van der Waals surface area contributed by atoms with E-state index in [2.05, 4.69) is 57.9 Å². The number of nitrogens with zero attached hydrogens (tertiary/aromatic N) is 4. The number of aromatic amines is 1. The minimum absolute atomic E-state index is 0.0375. The number of nitriles is 1. The molecule has 0 spiro atoms. The quantitative estimate of drug-likeness (QED) is 0.427. The third kappa shape index (κ3) is 3.42. The second kappa shape index (κ2) is 8.03. The minimum Gasteiger partial charge on any atom is -0.368 e. The molecule has 3 heterocycles. The lowest BCUT2D eigenvalue weighted by atomic mass is 9.70. The van der Waals surface area contributed by atoms with Crippen molar-refractivity contribution in [1.29, 1.82) is 5.26 Å². The Morgan fingerprint density at radius 1 is 1.05 bits per heavy atom. The first-order valence-corrected chi connectivity index (χ1v) is 13.1. The molecule has 3 aliphatic rings. The first-order chi connectivity index (χ1) is 18.0. The van der Waals surface area contributed by atoms with Gasteiger partial charge < -0.3 is 9.88 Å². The van der Waals surface area contributed by atoms with E-state index < -0.39 is 5.41 Å². The lowest BCUT2D eigenvalue weighted by Crippen LogP contribution is -2.47. The van der Waals surface area contributed by atoms with Crippen molar-refractivity contribution in [2.24, 2.45) is 0 Å². The van der Waals surface area contributed by atoms with Crippen LogP contribution in [0.15, 0.2) is 54.9 Å². The standard InChI is InChI=1S/C31H29N5O/c1-31(2)25-16-27(36-12-10-35(11-13-36)21-6-7-21)23(20-4-3-9-33-18-20)15-24(25)29(37)28-22-8-5-19(17-32)14-26(22)34-30(28)31/h3-5,8-9,14-16,18,21,34H,6-7,10-13H2,1-2H3. The maximum atomic E-state index is 14.1. The van der Waals surface area contributed by atoms with Gasteiger partial charge in [0.2, 0.25) is 0 Å². The average molecular weight is 488 g/mol. The summed E-state index contributed by atoms with van der Waals surface area (Å²) in [6.45, 7) is 8.48. The summed E-state index contributed by atoms with van der Waals surface area (Å²) in [5.74, 6) is 0.0375. The number of fused-ring (bicyclic) bond motifs is 4. The Kier molecular flexibility index (Phi) is 4.83. The highest BCUT2D eigenvalue weighted by Crippen LogP contribution is 2.47. The molecule has 2 aromatic carbocycles. The molecule has 37 heavy (non-hydrogen) atoms. The number of carbonyl (C=O) groups excluding carboxylic acids is 1. The normalized spacial score (nSPS) is 18.9. The van der Waals surface area contributed by atoms with Crippen molar-refractivity contribution in [1.82, 2.24) is 14.9 Å². The molecule has 0 unspecified atom stereocenters. The zero-order chi connectivity index (χ0) is 25.3. The van der Waals surface area contributed by atoms with Crippen LogP contribution in [0, 0.1) is 11.3 Å². The number of ketones is 1. The van der Waals surface area contributed by atoms with Crippen LogP contribution >= 0.6 is 0 Å². The SMILES string of the molecule is CC1(C)c2cc(N3CCN(C4CC4)CC3)c(-c3cccnc3)cc2C(=O)c2c1[nH]c1cc(C#N)ccc21. The first-order valence-electron chi connectivity index (χ1n) is 13.1. The van der Waals surface area contributed by atoms with Crippen LogP contribution in [0.25, 0.3) is 22.0 Å². The number of pyridine rings is 1. The molecule has 0 radical (unpaired) electrons. The summed E-state index contributed by atoms with van der Waals surface area (Å²) in [5, 5.41) is 10.3. The van der Waals surface area contributed by atoms with Gasteiger partial charge in [-0.25, -0.2) is 0 Å². The van der Waals surface area contributed by atoms with Gasteiger partial charge in [0.05, 0.1) is 17.2 Å². The highest BCUT2D eigenvalue weighted by molar-refractivity contribution is 6.20. The highest BCUT2D eigenvalue weighted by Gasteiger charge is 2.41. The smallest absolute Gasteiger partial charge is 0.195 e. The molecule has 1 saturated heterocycles. The molecule has 7 rings (SSSR count). The van der Waals surface area contributed by atoms with Gasteiger partial charge in [-0.1, -0.05) is 26.0 Å². The average Bonchev–Trinajstić information content (AvgIpc) is 3.71. The molecule has 6 nitrogen and oxygen atoms in total. The van der Waals surface area contributed by atoms with Crippen molar-refractivity contribution in [3.63, 3.8) is 0 Å². The molecule has 2 fully saturated rings. The van der Waals surface area contributed by atoms with Crippen LogP contribution in [0.3, 0.4) is 0 Å². The van der Waals surface area contributed by atoms with E-state index in [-0.39, 0.29) is 5.78 Å². The number of hydrogen-bond donors (Lipinski definition) is 1. The van der Waals surface area contributed by atoms with Gasteiger partial charge in [-0.2, -0.15) is 5.26 Å². The third-order valence-corrected chi connectivity index (χ3v) is 8.52. The van der Waals surface area contributed by atoms with Crippen molar-refractivity contribution in [3.05, 3.63) is 82.8 Å². The van der Waals surface area contributed by atoms with Gasteiger partial charge in [0.15, 0.2) is 5.78 Å². The Hall–Kier alpha value is -3.95. The molecule has 2 aromatic heterocycles. The van der Waals surface area contributed by atoms with Crippen LogP contribution < -0.4 is 4.90 Å². The van der Waals surface area contributed by atoms with Crippen LogP contribution in [0.5, 0.6) is 0 Å². The second-order valence-electron chi connectivity index (χ2n) is 11.1. The molecule has 4 aromatic rings. The van der Waals surface area contributed by atoms with Crippen molar-refractivity contribution in [3.8, 4) is 17.2 Å². The van der Waals surface area contributed by atoms with E-state index in [1.54, 1.807) is 12.3 Å². The Labute approximate surface area is 216 Å². The fourth-order valence-electron chi connectivity index (χ4n) is 6.32. The molecular formula is C31H29N5O. The number of anilines is 1. The van der Waals surface area contributed by atoms with Gasteiger partial charge in [-0.05, 0) is 48.7 Å². The fourth-order valence-corrected chi connectivity index (χ4v) is 6.32. The van der Waals surface area contributed by atoms with Crippen molar-refractivity contribution in [2.75, 3.05) is 31.1 Å². The van der Waals surface area contributed by atoms with Crippen LogP contribution in [0.4, 0.5) is 5.69 Å². The summed E-state index contributed by atoms with van der Waals surface area (Å²) in [6.07, 6.45) is 6.35. The molecule has 2 aliphatic carbocycles. The van der Waals surface area contributed by atoms with E-state index in [9.17, 15) is 10.1 Å². The van der Waals surface area contributed by atoms with Gasteiger partial charge in [-0.3, -0.25) is 14.7 Å². The number of benzene rings is 2. The maximum Gasteiger partial charge on any atom is 0.195 e. The van der Waals surface area contributed by atoms with Crippen LogP contribution in [-0.4, -0.2) is 52.9 Å². The predicted octanol–water partition coefficient (Wildman–Crippen LogP) is 5.26. The Balaban J connectivity index is 1.40. The third-order valence-electron chi connectivity index (χ3n) is 8.52.